The number of hydrogen-bond donors (Lipinski definition) is 0. The molecule has 0 saturated carbocycles. The van der Waals surface area contributed by atoms with Gasteiger partial charge < -0.3 is 14.2 Å². The van der Waals surface area contributed by atoms with Crippen molar-refractivity contribution in [3.63, 3.8) is 0 Å². The van der Waals surface area contributed by atoms with Gasteiger partial charge in [-0.05, 0) is 38.3 Å². The molecular weight excluding hydrogens is 428 g/mol. The Kier molecular flexibility index (Phi) is 7.77. The highest BCUT2D eigenvalue weighted by atomic mass is 32.2. The Morgan fingerprint density at radius 1 is 1.19 bits per heavy atom. The molecule has 0 aliphatic carbocycles. The molecule has 2 aromatic rings. The number of rotatable bonds is 9. The molecule has 2 heterocycles. The quantitative estimate of drug-likeness (QED) is 0.537. The van der Waals surface area contributed by atoms with Crippen molar-refractivity contribution in [2.75, 3.05) is 24.7 Å². The number of aryl methyl sites for hydroxylation is 1. The van der Waals surface area contributed by atoms with Crippen LogP contribution in [-0.4, -0.2) is 60.5 Å². The minimum Gasteiger partial charge on any atom is -0.452 e. The number of hydrogen-bond acceptors (Lipinski definition) is 5. The van der Waals surface area contributed by atoms with Crippen molar-refractivity contribution in [2.45, 2.75) is 52.6 Å². The van der Waals surface area contributed by atoms with E-state index in [0.29, 0.717) is 25.1 Å². The molecule has 8 heteroatoms. The van der Waals surface area contributed by atoms with E-state index in [2.05, 4.69) is 0 Å². The van der Waals surface area contributed by atoms with Crippen LogP contribution < -0.4 is 0 Å². The first kappa shape index (κ1) is 24.0. The monoisotopic (exact) mass is 460 g/mol. The van der Waals surface area contributed by atoms with Gasteiger partial charge in [0.1, 0.15) is 0 Å². The van der Waals surface area contributed by atoms with E-state index < -0.39 is 15.8 Å². The number of benzene rings is 1. The van der Waals surface area contributed by atoms with Gasteiger partial charge in [-0.3, -0.25) is 4.79 Å². The first-order valence-corrected chi connectivity index (χ1v) is 12.9. The number of aromatic nitrogens is 1. The van der Waals surface area contributed by atoms with Crippen molar-refractivity contribution in [3.05, 3.63) is 58.9 Å². The van der Waals surface area contributed by atoms with Crippen LogP contribution in [0, 0.1) is 13.8 Å². The molecule has 0 unspecified atom stereocenters. The summed E-state index contributed by atoms with van der Waals surface area (Å²) in [6.45, 7) is 6.54. The molecule has 0 spiro atoms. The summed E-state index contributed by atoms with van der Waals surface area (Å²) < 4.78 is 31.2. The lowest BCUT2D eigenvalue weighted by Gasteiger charge is -2.28. The van der Waals surface area contributed by atoms with Crippen LogP contribution in [0.3, 0.4) is 0 Å². The fourth-order valence-corrected chi connectivity index (χ4v) is 5.90. The Bertz CT molecular complexity index is 1060. The lowest BCUT2D eigenvalue weighted by atomic mass is 10.2. The maximum atomic E-state index is 12.8. The van der Waals surface area contributed by atoms with Gasteiger partial charge in [0.2, 0.25) is 0 Å². The second kappa shape index (κ2) is 10.3. The molecule has 1 fully saturated rings. The molecule has 0 bridgehead atoms. The van der Waals surface area contributed by atoms with E-state index in [-0.39, 0.29) is 30.1 Å². The Balaban J connectivity index is 1.66. The van der Waals surface area contributed by atoms with Crippen LogP contribution in [0.5, 0.6) is 0 Å². The van der Waals surface area contributed by atoms with Crippen LogP contribution in [0.2, 0.25) is 0 Å². The van der Waals surface area contributed by atoms with Gasteiger partial charge in [0, 0.05) is 30.5 Å². The van der Waals surface area contributed by atoms with Gasteiger partial charge in [-0.25, -0.2) is 13.2 Å². The summed E-state index contributed by atoms with van der Waals surface area (Å²) in [5, 5.41) is 0. The van der Waals surface area contributed by atoms with Gasteiger partial charge in [-0.2, -0.15) is 0 Å². The maximum Gasteiger partial charge on any atom is 0.340 e. The van der Waals surface area contributed by atoms with E-state index in [4.69, 9.17) is 4.74 Å². The van der Waals surface area contributed by atoms with E-state index in [1.807, 2.05) is 55.7 Å². The highest BCUT2D eigenvalue weighted by molar-refractivity contribution is 7.91. The minimum atomic E-state index is -3.11. The summed E-state index contributed by atoms with van der Waals surface area (Å²) in [5.41, 5.74) is 3.29. The number of ether oxygens (including phenoxy) is 1. The minimum absolute atomic E-state index is 0.0168. The average Bonchev–Trinajstić information content (AvgIpc) is 3.26. The molecule has 1 aromatic heterocycles. The summed E-state index contributed by atoms with van der Waals surface area (Å²) in [7, 11) is -3.11. The van der Waals surface area contributed by atoms with Crippen LogP contribution in [0.15, 0.2) is 36.4 Å². The van der Waals surface area contributed by atoms with Crippen molar-refractivity contribution >= 4 is 21.7 Å². The Labute approximate surface area is 190 Å². The number of esters is 1. The van der Waals surface area contributed by atoms with Crippen molar-refractivity contribution < 1.29 is 22.7 Å². The van der Waals surface area contributed by atoms with E-state index in [9.17, 15) is 18.0 Å². The fourth-order valence-electron chi connectivity index (χ4n) is 4.17. The lowest BCUT2D eigenvalue weighted by Crippen LogP contribution is -2.43. The smallest absolute Gasteiger partial charge is 0.340 e. The van der Waals surface area contributed by atoms with Gasteiger partial charge in [0.25, 0.3) is 5.91 Å². The molecule has 3 rings (SSSR count). The third kappa shape index (κ3) is 5.79. The van der Waals surface area contributed by atoms with Gasteiger partial charge in [-0.15, -0.1) is 0 Å². The third-order valence-corrected chi connectivity index (χ3v) is 7.78. The molecule has 1 aliphatic rings. The first-order chi connectivity index (χ1) is 15.2. The molecule has 0 radical (unpaired) electrons. The van der Waals surface area contributed by atoms with Crippen LogP contribution in [0.4, 0.5) is 0 Å². The zero-order chi connectivity index (χ0) is 23.3. The predicted molar refractivity (Wildman–Crippen MR) is 123 cm³/mol. The van der Waals surface area contributed by atoms with Crippen molar-refractivity contribution in [1.82, 2.24) is 9.47 Å². The lowest BCUT2D eigenvalue weighted by molar-refractivity contribution is -0.136. The fraction of sp³-hybridized carbons (Fsp3) is 0.500. The van der Waals surface area contributed by atoms with E-state index in [0.717, 1.165) is 29.8 Å². The second-order valence-corrected chi connectivity index (χ2v) is 10.7. The van der Waals surface area contributed by atoms with Gasteiger partial charge >= 0.3 is 5.97 Å². The molecular formula is C24H32N2O5S. The van der Waals surface area contributed by atoms with Crippen molar-refractivity contribution in [2.24, 2.45) is 0 Å². The number of unbranched alkanes of at least 4 members (excludes halogenated alkanes) is 1. The maximum absolute atomic E-state index is 12.8. The largest absolute Gasteiger partial charge is 0.452 e. The summed E-state index contributed by atoms with van der Waals surface area (Å²) in [6.07, 6.45) is 2.10. The van der Waals surface area contributed by atoms with Crippen molar-refractivity contribution in [3.8, 4) is 0 Å². The van der Waals surface area contributed by atoms with Gasteiger partial charge in [0.15, 0.2) is 16.4 Å². The van der Waals surface area contributed by atoms with E-state index >= 15 is 0 Å². The molecule has 1 atom stereocenters. The summed E-state index contributed by atoms with van der Waals surface area (Å²) in [5.74, 6) is -0.801. The second-order valence-electron chi connectivity index (χ2n) is 8.43. The number of nitrogens with zero attached hydrogens (tertiary/aromatic N) is 2. The van der Waals surface area contributed by atoms with Gasteiger partial charge in [0.05, 0.1) is 17.1 Å². The number of carbonyl (C=O) groups is 2. The Hall–Kier alpha value is -2.61. The van der Waals surface area contributed by atoms with Crippen molar-refractivity contribution in [1.29, 1.82) is 0 Å². The molecule has 1 saturated heterocycles. The topological polar surface area (TPSA) is 85.7 Å². The normalized spacial score (nSPS) is 17.3. The molecule has 174 valence electrons. The van der Waals surface area contributed by atoms with E-state index in [1.54, 1.807) is 11.0 Å². The van der Waals surface area contributed by atoms with E-state index in [1.165, 1.54) is 0 Å². The molecule has 1 aromatic carbocycles. The van der Waals surface area contributed by atoms with Gasteiger partial charge in [-0.1, -0.05) is 43.7 Å². The van der Waals surface area contributed by atoms with Crippen LogP contribution in [0.1, 0.15) is 53.5 Å². The predicted octanol–water partition coefficient (Wildman–Crippen LogP) is 3.13. The zero-order valence-corrected chi connectivity index (χ0v) is 19.9. The summed E-state index contributed by atoms with van der Waals surface area (Å²) in [6, 6.07) is 11.4. The number of carbonyl (C=O) groups excluding carboxylic acids is 2. The third-order valence-electron chi connectivity index (χ3n) is 6.03. The van der Waals surface area contributed by atoms with Crippen LogP contribution in [0.25, 0.3) is 0 Å². The van der Waals surface area contributed by atoms with Crippen LogP contribution >= 0.6 is 0 Å². The molecule has 32 heavy (non-hydrogen) atoms. The van der Waals surface area contributed by atoms with Crippen LogP contribution in [-0.2, 0) is 25.9 Å². The molecule has 7 nitrogen and oxygen atoms in total. The average molecular weight is 461 g/mol. The first-order valence-electron chi connectivity index (χ1n) is 11.1. The summed E-state index contributed by atoms with van der Waals surface area (Å²) >= 11 is 0. The number of sulfone groups is 1. The Morgan fingerprint density at radius 2 is 1.91 bits per heavy atom. The summed E-state index contributed by atoms with van der Waals surface area (Å²) in [4.78, 5) is 27.2. The Morgan fingerprint density at radius 3 is 2.53 bits per heavy atom. The molecule has 0 N–H and O–H groups in total. The molecule has 1 amide bonds. The SMILES string of the molecule is CCCCN(C(=O)COC(=O)c1cc(C)n(Cc2ccccc2)c1C)[C@H]1CCS(=O)(=O)C1. The highest BCUT2D eigenvalue weighted by Gasteiger charge is 2.34. The standard InChI is InChI=1S/C24H32N2O5S/c1-4-5-12-25(21-11-13-32(29,30)17-21)23(27)16-31-24(28)22-14-18(2)26(19(22)3)15-20-9-7-6-8-10-20/h6-10,14,21H,4-5,11-13,15-17H2,1-3H3/t21-/m0/s1. The number of amides is 1. The molecule has 1 aliphatic heterocycles. The zero-order valence-electron chi connectivity index (χ0n) is 19.0. The highest BCUT2D eigenvalue weighted by Crippen LogP contribution is 2.20.